The minimum Gasteiger partial charge on any atom is -0.369 e. The number of carbonyl (C=O) groups is 1. The maximum atomic E-state index is 13.6. The van der Waals surface area contributed by atoms with Crippen molar-refractivity contribution in [1.82, 2.24) is 24.7 Å². The number of rotatable bonds is 7. The highest BCUT2D eigenvalue weighted by molar-refractivity contribution is 6.37. The molecule has 5 aromatic rings. The number of nitrogens with one attached hydrogen (secondary N) is 1. The van der Waals surface area contributed by atoms with Crippen molar-refractivity contribution in [3.63, 3.8) is 0 Å². The number of halogens is 1. The third-order valence-electron chi connectivity index (χ3n) is 9.61. The third-order valence-corrected chi connectivity index (χ3v) is 9.93. The second-order valence-corrected chi connectivity index (χ2v) is 13.1. The van der Waals surface area contributed by atoms with Crippen molar-refractivity contribution in [3.05, 3.63) is 107 Å². The number of hydrogen-bond donors (Lipinski definition) is 1. The van der Waals surface area contributed by atoms with Crippen LogP contribution in [0.25, 0.3) is 33.4 Å². The molecule has 0 unspecified atom stereocenters. The first kappa shape index (κ1) is 30.5. The summed E-state index contributed by atoms with van der Waals surface area (Å²) in [5, 5.41) is 4.86. The molecule has 0 aliphatic carbocycles. The Morgan fingerprint density at radius 1 is 0.848 bits per heavy atom. The van der Waals surface area contributed by atoms with Crippen molar-refractivity contribution in [1.29, 1.82) is 0 Å². The van der Waals surface area contributed by atoms with Crippen molar-refractivity contribution in [2.75, 3.05) is 51.2 Å². The van der Waals surface area contributed by atoms with Gasteiger partial charge in [0.2, 0.25) is 0 Å². The number of pyridine rings is 1. The summed E-state index contributed by atoms with van der Waals surface area (Å²) >= 11 is 6.87. The van der Waals surface area contributed by atoms with Crippen LogP contribution < -0.4 is 10.2 Å². The molecule has 2 fully saturated rings. The van der Waals surface area contributed by atoms with Gasteiger partial charge in [-0.25, -0.2) is 4.98 Å². The molecule has 4 heterocycles. The molecule has 2 aliphatic rings. The second-order valence-electron chi connectivity index (χ2n) is 12.7. The molecule has 1 N–H and O–H groups in total. The van der Waals surface area contributed by atoms with Gasteiger partial charge in [0.25, 0.3) is 5.91 Å². The van der Waals surface area contributed by atoms with Gasteiger partial charge < -0.3 is 19.7 Å². The summed E-state index contributed by atoms with van der Waals surface area (Å²) in [6.45, 7) is 7.07. The molecule has 2 aromatic heterocycles. The Kier molecular flexibility index (Phi) is 8.80. The van der Waals surface area contributed by atoms with Gasteiger partial charge in [-0.2, -0.15) is 0 Å². The molecule has 8 heteroatoms. The highest BCUT2D eigenvalue weighted by Crippen LogP contribution is 2.43. The van der Waals surface area contributed by atoms with Crippen LogP contribution in [0.2, 0.25) is 5.02 Å². The van der Waals surface area contributed by atoms with Gasteiger partial charge in [0, 0.05) is 87.3 Å². The molecule has 0 atom stereocenters. The average molecular weight is 633 g/mol. The van der Waals surface area contributed by atoms with Crippen molar-refractivity contribution in [3.8, 4) is 22.4 Å². The van der Waals surface area contributed by atoms with E-state index >= 15 is 0 Å². The van der Waals surface area contributed by atoms with E-state index in [2.05, 4.69) is 92.3 Å². The molecule has 0 spiro atoms. The fourth-order valence-electron chi connectivity index (χ4n) is 6.98. The Balaban J connectivity index is 1.14. The first-order chi connectivity index (χ1) is 22.4. The normalized spacial score (nSPS) is 16.6. The quantitative estimate of drug-likeness (QED) is 0.216. The van der Waals surface area contributed by atoms with E-state index in [-0.39, 0.29) is 11.9 Å². The van der Waals surface area contributed by atoms with Crippen LogP contribution in [0.1, 0.15) is 28.8 Å². The number of aromatic nitrogens is 2. The zero-order chi connectivity index (χ0) is 31.6. The second kappa shape index (κ2) is 13.3. The molecular formula is C38H41ClN6O. The van der Waals surface area contributed by atoms with Crippen LogP contribution in [0.15, 0.2) is 91.1 Å². The van der Waals surface area contributed by atoms with E-state index in [1.54, 1.807) is 6.20 Å². The first-order valence-corrected chi connectivity index (χ1v) is 16.7. The predicted molar refractivity (Wildman–Crippen MR) is 189 cm³/mol. The largest absolute Gasteiger partial charge is 0.369 e. The highest BCUT2D eigenvalue weighted by atomic mass is 35.5. The lowest BCUT2D eigenvalue weighted by atomic mass is 9.96. The molecular weight excluding hydrogens is 592 g/mol. The summed E-state index contributed by atoms with van der Waals surface area (Å²) in [6.07, 6.45) is 3.64. The number of amides is 1. The van der Waals surface area contributed by atoms with E-state index in [0.29, 0.717) is 10.6 Å². The van der Waals surface area contributed by atoms with Crippen LogP contribution in [0.5, 0.6) is 0 Å². The van der Waals surface area contributed by atoms with Crippen LogP contribution in [0.4, 0.5) is 5.69 Å². The standard InChI is InChI=1S/C38H41ClN6O/c1-42-21-23-45(24-22-42)32-13-11-28(12-14-32)36-34(35-33(39)15-18-40-37(35)43(36)2)29-9-6-10-30(25-29)38(46)41-31-16-19-44(20-17-31)26-27-7-4-3-5-8-27/h3-15,18,25,31H,16-17,19-24,26H2,1-2H3,(H,41,46). The monoisotopic (exact) mass is 632 g/mol. The molecule has 3 aromatic carbocycles. The summed E-state index contributed by atoms with van der Waals surface area (Å²) in [5.74, 6) is -0.0362. The molecule has 0 saturated carbocycles. The smallest absolute Gasteiger partial charge is 0.251 e. The number of likely N-dealkylation sites (tertiary alicyclic amines) is 1. The third kappa shape index (κ3) is 6.27. The Labute approximate surface area is 276 Å². The van der Waals surface area contributed by atoms with Gasteiger partial charge in [0.05, 0.1) is 10.7 Å². The number of piperazine rings is 1. The number of piperidine rings is 1. The topological polar surface area (TPSA) is 56.6 Å². The van der Waals surface area contributed by atoms with Crippen LogP contribution in [0, 0.1) is 0 Å². The number of aryl methyl sites for hydroxylation is 1. The summed E-state index contributed by atoms with van der Waals surface area (Å²) < 4.78 is 2.12. The van der Waals surface area contributed by atoms with E-state index in [4.69, 9.17) is 16.6 Å². The van der Waals surface area contributed by atoms with Crippen LogP contribution in [-0.4, -0.2) is 77.6 Å². The van der Waals surface area contributed by atoms with E-state index < -0.39 is 0 Å². The van der Waals surface area contributed by atoms with Crippen LogP contribution in [-0.2, 0) is 13.6 Å². The number of fused-ring (bicyclic) bond motifs is 1. The highest BCUT2D eigenvalue weighted by Gasteiger charge is 2.24. The summed E-state index contributed by atoms with van der Waals surface area (Å²) in [6, 6.07) is 29.3. The van der Waals surface area contributed by atoms with Crippen LogP contribution >= 0.6 is 11.6 Å². The minimum atomic E-state index is -0.0362. The molecule has 7 rings (SSSR count). The molecule has 2 aliphatic heterocycles. The Morgan fingerprint density at radius 2 is 1.59 bits per heavy atom. The van der Waals surface area contributed by atoms with E-state index in [1.807, 2.05) is 31.3 Å². The Hall–Kier alpha value is -4.17. The fourth-order valence-corrected chi connectivity index (χ4v) is 7.22. The SMILES string of the molecule is CN1CCN(c2ccc(-c3c(-c4cccc(C(=O)NC5CCN(Cc6ccccc6)CC5)c4)c4c(Cl)ccnc4n3C)cc2)CC1. The van der Waals surface area contributed by atoms with Gasteiger partial charge in [-0.3, -0.25) is 9.69 Å². The first-order valence-electron chi connectivity index (χ1n) is 16.3. The maximum absolute atomic E-state index is 13.6. The number of likely N-dealkylation sites (N-methyl/N-ethyl adjacent to an activating group) is 1. The molecule has 0 radical (unpaired) electrons. The zero-order valence-corrected chi connectivity index (χ0v) is 27.4. The predicted octanol–water partition coefficient (Wildman–Crippen LogP) is 6.71. The number of carbonyl (C=O) groups excluding carboxylic acids is 1. The van der Waals surface area contributed by atoms with Gasteiger partial charge >= 0.3 is 0 Å². The van der Waals surface area contributed by atoms with Gasteiger partial charge in [0.15, 0.2) is 0 Å². The Morgan fingerprint density at radius 3 is 2.33 bits per heavy atom. The lowest BCUT2D eigenvalue weighted by molar-refractivity contribution is 0.0909. The van der Waals surface area contributed by atoms with Crippen molar-refractivity contribution in [2.45, 2.75) is 25.4 Å². The molecule has 46 heavy (non-hydrogen) atoms. The van der Waals surface area contributed by atoms with E-state index in [1.165, 1.54) is 11.3 Å². The average Bonchev–Trinajstić information content (AvgIpc) is 3.39. The van der Waals surface area contributed by atoms with Crippen molar-refractivity contribution < 1.29 is 4.79 Å². The Bertz CT molecular complexity index is 1820. The van der Waals surface area contributed by atoms with Gasteiger partial charge in [-0.15, -0.1) is 0 Å². The van der Waals surface area contributed by atoms with Gasteiger partial charge in [0.1, 0.15) is 5.65 Å². The number of anilines is 1. The summed E-state index contributed by atoms with van der Waals surface area (Å²) in [5.41, 5.74) is 8.09. The summed E-state index contributed by atoms with van der Waals surface area (Å²) in [4.78, 5) is 25.6. The van der Waals surface area contributed by atoms with E-state index in [9.17, 15) is 4.79 Å². The number of hydrogen-bond acceptors (Lipinski definition) is 5. The number of nitrogens with zero attached hydrogens (tertiary/aromatic N) is 5. The maximum Gasteiger partial charge on any atom is 0.251 e. The van der Waals surface area contributed by atoms with Crippen molar-refractivity contribution in [2.24, 2.45) is 7.05 Å². The number of benzene rings is 3. The van der Waals surface area contributed by atoms with E-state index in [0.717, 1.165) is 92.1 Å². The fraction of sp³-hybridized carbons (Fsp3) is 0.316. The summed E-state index contributed by atoms with van der Waals surface area (Å²) in [7, 11) is 4.22. The minimum absolute atomic E-state index is 0.0362. The molecule has 236 valence electrons. The molecule has 0 bridgehead atoms. The molecule has 7 nitrogen and oxygen atoms in total. The lowest BCUT2D eigenvalue weighted by Crippen LogP contribution is -2.44. The van der Waals surface area contributed by atoms with Gasteiger partial charge in [-0.1, -0.05) is 66.2 Å². The lowest BCUT2D eigenvalue weighted by Gasteiger charge is -2.34. The zero-order valence-electron chi connectivity index (χ0n) is 26.6. The van der Waals surface area contributed by atoms with Gasteiger partial charge in [-0.05, 0) is 66.9 Å². The molecule has 2 saturated heterocycles. The van der Waals surface area contributed by atoms with Crippen LogP contribution in [0.3, 0.4) is 0 Å². The van der Waals surface area contributed by atoms with Crippen molar-refractivity contribution >= 4 is 34.2 Å². The molecule has 1 amide bonds.